The Hall–Kier alpha value is -2.41. The summed E-state index contributed by atoms with van der Waals surface area (Å²) in [5.74, 6) is -0.944. The molecule has 0 bridgehead atoms. The van der Waals surface area contributed by atoms with Gasteiger partial charge in [-0.25, -0.2) is 9.18 Å². The Morgan fingerprint density at radius 2 is 1.95 bits per heavy atom. The molecular formula is C14H12FNO4S. The third kappa shape index (κ3) is 4.03. The SMILES string of the molecule is COC(=O)c1sccc1NC(=O)COc1ccc(F)cc1. The minimum Gasteiger partial charge on any atom is -0.484 e. The predicted octanol–water partition coefficient (Wildman–Crippen LogP) is 2.69. The number of carbonyl (C=O) groups is 2. The fourth-order valence-electron chi connectivity index (χ4n) is 1.52. The number of hydrogen-bond acceptors (Lipinski definition) is 5. The maximum absolute atomic E-state index is 12.7. The number of amides is 1. The molecule has 0 spiro atoms. The number of benzene rings is 1. The molecule has 0 aliphatic rings. The molecule has 0 aliphatic heterocycles. The lowest BCUT2D eigenvalue weighted by Gasteiger charge is -2.07. The van der Waals surface area contributed by atoms with Crippen molar-refractivity contribution in [3.05, 3.63) is 46.4 Å². The summed E-state index contributed by atoms with van der Waals surface area (Å²) >= 11 is 1.17. The molecular weight excluding hydrogens is 297 g/mol. The molecule has 0 saturated carbocycles. The molecule has 2 aromatic rings. The zero-order valence-electron chi connectivity index (χ0n) is 11.1. The second-order valence-corrected chi connectivity index (χ2v) is 4.86. The first-order valence-electron chi connectivity index (χ1n) is 5.94. The molecule has 1 N–H and O–H groups in total. The Kier molecular flexibility index (Phi) is 4.89. The van der Waals surface area contributed by atoms with Gasteiger partial charge in [0.05, 0.1) is 12.8 Å². The summed E-state index contributed by atoms with van der Waals surface area (Å²) in [7, 11) is 1.27. The molecule has 0 radical (unpaired) electrons. The van der Waals surface area contributed by atoms with Gasteiger partial charge in [0.15, 0.2) is 6.61 Å². The van der Waals surface area contributed by atoms with Gasteiger partial charge in [0, 0.05) is 0 Å². The molecule has 7 heteroatoms. The maximum atomic E-state index is 12.7. The van der Waals surface area contributed by atoms with E-state index in [0.29, 0.717) is 16.3 Å². The van der Waals surface area contributed by atoms with Crippen molar-refractivity contribution in [1.82, 2.24) is 0 Å². The lowest BCUT2D eigenvalue weighted by Crippen LogP contribution is -2.21. The van der Waals surface area contributed by atoms with Gasteiger partial charge in [-0.15, -0.1) is 11.3 Å². The number of nitrogens with one attached hydrogen (secondary N) is 1. The number of anilines is 1. The van der Waals surface area contributed by atoms with Crippen LogP contribution in [-0.4, -0.2) is 25.6 Å². The summed E-state index contributed by atoms with van der Waals surface area (Å²) in [6.45, 7) is -0.248. The Morgan fingerprint density at radius 3 is 2.62 bits per heavy atom. The lowest BCUT2D eigenvalue weighted by atomic mass is 10.3. The largest absolute Gasteiger partial charge is 0.484 e. The average Bonchev–Trinajstić information content (AvgIpc) is 2.94. The normalized spacial score (nSPS) is 10.0. The van der Waals surface area contributed by atoms with Crippen LogP contribution in [0, 0.1) is 5.82 Å². The van der Waals surface area contributed by atoms with Gasteiger partial charge in [0.2, 0.25) is 0 Å². The first-order chi connectivity index (χ1) is 10.1. The number of carbonyl (C=O) groups excluding carboxylic acids is 2. The van der Waals surface area contributed by atoms with Crippen molar-refractivity contribution in [3.63, 3.8) is 0 Å². The van der Waals surface area contributed by atoms with Crippen LogP contribution in [0.25, 0.3) is 0 Å². The molecule has 0 unspecified atom stereocenters. The number of methoxy groups -OCH3 is 1. The topological polar surface area (TPSA) is 64.6 Å². The van der Waals surface area contributed by atoms with E-state index in [-0.39, 0.29) is 12.4 Å². The van der Waals surface area contributed by atoms with Gasteiger partial charge in [0.25, 0.3) is 5.91 Å². The van der Waals surface area contributed by atoms with Gasteiger partial charge in [0.1, 0.15) is 16.4 Å². The summed E-state index contributed by atoms with van der Waals surface area (Å²) in [5, 5.41) is 4.23. The number of halogens is 1. The Morgan fingerprint density at radius 1 is 1.24 bits per heavy atom. The monoisotopic (exact) mass is 309 g/mol. The van der Waals surface area contributed by atoms with Crippen molar-refractivity contribution >= 4 is 28.9 Å². The minimum absolute atomic E-state index is 0.248. The summed E-state index contributed by atoms with van der Waals surface area (Å²) in [6, 6.07) is 6.93. The van der Waals surface area contributed by atoms with Gasteiger partial charge in [-0.1, -0.05) is 0 Å². The first-order valence-corrected chi connectivity index (χ1v) is 6.82. The number of ether oxygens (including phenoxy) is 2. The van der Waals surface area contributed by atoms with Gasteiger partial charge in [-0.2, -0.15) is 0 Å². The molecule has 0 fully saturated rings. The van der Waals surface area contributed by atoms with E-state index in [9.17, 15) is 14.0 Å². The molecule has 0 saturated heterocycles. The van der Waals surface area contributed by atoms with Crippen LogP contribution in [0.3, 0.4) is 0 Å². The van der Waals surface area contributed by atoms with E-state index < -0.39 is 11.9 Å². The van der Waals surface area contributed by atoms with Crippen molar-refractivity contribution in [3.8, 4) is 5.75 Å². The second-order valence-electron chi connectivity index (χ2n) is 3.95. The van der Waals surface area contributed by atoms with Crippen LogP contribution in [0.5, 0.6) is 5.75 Å². The van der Waals surface area contributed by atoms with E-state index in [0.717, 1.165) is 0 Å². The van der Waals surface area contributed by atoms with Crippen molar-refractivity contribution in [1.29, 1.82) is 0 Å². The summed E-state index contributed by atoms with van der Waals surface area (Å²) in [6.07, 6.45) is 0. The molecule has 1 aromatic heterocycles. The fraction of sp³-hybridized carbons (Fsp3) is 0.143. The van der Waals surface area contributed by atoms with Crippen LogP contribution in [0.1, 0.15) is 9.67 Å². The highest BCUT2D eigenvalue weighted by atomic mass is 32.1. The fourth-order valence-corrected chi connectivity index (χ4v) is 2.29. The van der Waals surface area contributed by atoms with Crippen LogP contribution in [0.2, 0.25) is 0 Å². The van der Waals surface area contributed by atoms with Crippen LogP contribution in [0.15, 0.2) is 35.7 Å². The van der Waals surface area contributed by atoms with E-state index in [1.165, 1.54) is 42.7 Å². The van der Waals surface area contributed by atoms with Crippen molar-refractivity contribution in [2.75, 3.05) is 19.0 Å². The predicted molar refractivity (Wildman–Crippen MR) is 76.2 cm³/mol. The van der Waals surface area contributed by atoms with Crippen LogP contribution in [0.4, 0.5) is 10.1 Å². The molecule has 0 atom stereocenters. The molecule has 1 heterocycles. The van der Waals surface area contributed by atoms with E-state index >= 15 is 0 Å². The highest BCUT2D eigenvalue weighted by molar-refractivity contribution is 7.12. The summed E-state index contributed by atoms with van der Waals surface area (Å²) in [5.41, 5.74) is 0.375. The van der Waals surface area contributed by atoms with Crippen LogP contribution in [-0.2, 0) is 9.53 Å². The Labute approximate surface area is 124 Å². The Balaban J connectivity index is 1.92. The average molecular weight is 309 g/mol. The van der Waals surface area contributed by atoms with Gasteiger partial charge in [-0.05, 0) is 35.7 Å². The van der Waals surface area contributed by atoms with Crippen LogP contribution < -0.4 is 10.1 Å². The van der Waals surface area contributed by atoms with Gasteiger partial charge >= 0.3 is 5.97 Å². The molecule has 21 heavy (non-hydrogen) atoms. The van der Waals surface area contributed by atoms with E-state index in [2.05, 4.69) is 10.1 Å². The first kappa shape index (κ1) is 15.0. The van der Waals surface area contributed by atoms with E-state index in [4.69, 9.17) is 4.74 Å². The molecule has 110 valence electrons. The third-order valence-corrected chi connectivity index (χ3v) is 3.39. The number of hydrogen-bond donors (Lipinski definition) is 1. The number of thiophene rings is 1. The zero-order valence-corrected chi connectivity index (χ0v) is 11.9. The Bertz CT molecular complexity index is 639. The summed E-state index contributed by atoms with van der Waals surface area (Å²) < 4.78 is 22.5. The maximum Gasteiger partial charge on any atom is 0.350 e. The molecule has 1 aromatic carbocycles. The molecule has 2 rings (SSSR count). The highest BCUT2D eigenvalue weighted by Crippen LogP contribution is 2.23. The van der Waals surface area contributed by atoms with E-state index in [1.54, 1.807) is 11.4 Å². The molecule has 1 amide bonds. The van der Waals surface area contributed by atoms with Crippen molar-refractivity contribution in [2.45, 2.75) is 0 Å². The third-order valence-electron chi connectivity index (χ3n) is 2.49. The zero-order chi connectivity index (χ0) is 15.2. The highest BCUT2D eigenvalue weighted by Gasteiger charge is 2.15. The quantitative estimate of drug-likeness (QED) is 0.863. The summed E-state index contributed by atoms with van der Waals surface area (Å²) in [4.78, 5) is 23.5. The van der Waals surface area contributed by atoms with Crippen LogP contribution >= 0.6 is 11.3 Å². The lowest BCUT2D eigenvalue weighted by molar-refractivity contribution is -0.118. The van der Waals surface area contributed by atoms with Crippen molar-refractivity contribution < 1.29 is 23.5 Å². The van der Waals surface area contributed by atoms with E-state index in [1.807, 2.05) is 0 Å². The molecule has 0 aliphatic carbocycles. The second kappa shape index (κ2) is 6.85. The van der Waals surface area contributed by atoms with Gasteiger partial charge in [-0.3, -0.25) is 4.79 Å². The molecule has 5 nitrogen and oxygen atoms in total. The smallest absolute Gasteiger partial charge is 0.350 e. The number of rotatable bonds is 5. The number of esters is 1. The van der Waals surface area contributed by atoms with Crippen molar-refractivity contribution in [2.24, 2.45) is 0 Å². The standard InChI is InChI=1S/C14H12FNO4S/c1-19-14(18)13-11(6-7-21-13)16-12(17)8-20-10-4-2-9(15)3-5-10/h2-7H,8H2,1H3,(H,16,17). The minimum atomic E-state index is -0.514. The van der Waals surface area contributed by atoms with Gasteiger partial charge < -0.3 is 14.8 Å².